The minimum absolute atomic E-state index is 0.240. The van der Waals surface area contributed by atoms with E-state index in [1.807, 2.05) is 49.4 Å². The maximum absolute atomic E-state index is 12.7. The van der Waals surface area contributed by atoms with Crippen molar-refractivity contribution in [2.24, 2.45) is 0 Å². The highest BCUT2D eigenvalue weighted by Gasteiger charge is 2.28. The van der Waals surface area contributed by atoms with E-state index in [0.717, 1.165) is 27.1 Å². The summed E-state index contributed by atoms with van der Waals surface area (Å²) >= 11 is 1.43. The van der Waals surface area contributed by atoms with Crippen LogP contribution in [0.3, 0.4) is 0 Å². The molecule has 2 N–H and O–H groups in total. The van der Waals surface area contributed by atoms with Crippen LogP contribution in [-0.4, -0.2) is 22.9 Å². The van der Waals surface area contributed by atoms with E-state index < -0.39 is 6.10 Å². The minimum Gasteiger partial charge on any atom is -0.480 e. The van der Waals surface area contributed by atoms with Crippen LogP contribution >= 0.6 is 11.3 Å². The van der Waals surface area contributed by atoms with Crippen molar-refractivity contribution in [3.05, 3.63) is 83.4 Å². The Labute approximate surface area is 182 Å². The number of para-hydroxylation sites is 1. The molecule has 4 aromatic rings. The summed E-state index contributed by atoms with van der Waals surface area (Å²) in [4.78, 5) is 29.8. The zero-order chi connectivity index (χ0) is 21.4. The van der Waals surface area contributed by atoms with E-state index in [1.54, 1.807) is 24.3 Å². The lowest BCUT2D eigenvalue weighted by atomic mass is 10.1. The van der Waals surface area contributed by atoms with Gasteiger partial charge in [0, 0.05) is 17.7 Å². The van der Waals surface area contributed by atoms with Crippen LogP contribution in [0.2, 0.25) is 0 Å². The summed E-state index contributed by atoms with van der Waals surface area (Å²) in [6.07, 6.45) is -0.0553. The van der Waals surface area contributed by atoms with Crippen LogP contribution in [0.4, 0.5) is 10.8 Å². The maximum Gasteiger partial charge on any atom is 0.265 e. The molecule has 0 bridgehead atoms. The second-order valence-corrected chi connectivity index (χ2v) is 8.46. The number of rotatable bonds is 4. The third kappa shape index (κ3) is 4.00. The normalized spacial score (nSPS) is 14.7. The summed E-state index contributed by atoms with van der Waals surface area (Å²) < 4.78 is 6.76. The van der Waals surface area contributed by atoms with Gasteiger partial charge < -0.3 is 10.1 Å². The van der Waals surface area contributed by atoms with E-state index in [9.17, 15) is 9.59 Å². The number of carbonyl (C=O) groups is 2. The SMILES string of the molecule is Cc1ccc2nc(NC(=O)c3cccc(NC(=O)C4Cc5ccccc5O4)c3)sc2c1. The molecule has 0 spiro atoms. The summed E-state index contributed by atoms with van der Waals surface area (Å²) in [5.74, 6) is 0.216. The van der Waals surface area contributed by atoms with Crippen LogP contribution < -0.4 is 15.4 Å². The molecule has 0 aliphatic carbocycles. The number of amides is 2. The van der Waals surface area contributed by atoms with Crippen molar-refractivity contribution in [1.29, 1.82) is 0 Å². The van der Waals surface area contributed by atoms with Gasteiger partial charge in [0.2, 0.25) is 0 Å². The fourth-order valence-electron chi connectivity index (χ4n) is 3.54. The molecule has 0 fully saturated rings. The predicted octanol–water partition coefficient (Wildman–Crippen LogP) is 4.80. The molecule has 154 valence electrons. The topological polar surface area (TPSA) is 80.3 Å². The van der Waals surface area contributed by atoms with E-state index in [0.29, 0.717) is 22.8 Å². The van der Waals surface area contributed by atoms with E-state index in [4.69, 9.17) is 4.74 Å². The predicted molar refractivity (Wildman–Crippen MR) is 122 cm³/mol. The van der Waals surface area contributed by atoms with Gasteiger partial charge in [0.25, 0.3) is 11.8 Å². The quantitative estimate of drug-likeness (QED) is 0.488. The number of aromatic nitrogens is 1. The third-order valence-electron chi connectivity index (χ3n) is 5.10. The van der Waals surface area contributed by atoms with Gasteiger partial charge in [0.15, 0.2) is 11.2 Å². The van der Waals surface area contributed by atoms with Crippen LogP contribution in [0.25, 0.3) is 10.2 Å². The highest BCUT2D eigenvalue weighted by molar-refractivity contribution is 7.22. The van der Waals surface area contributed by atoms with Crippen molar-refractivity contribution in [1.82, 2.24) is 4.98 Å². The van der Waals surface area contributed by atoms with Crippen LogP contribution in [0.15, 0.2) is 66.7 Å². The van der Waals surface area contributed by atoms with Gasteiger partial charge >= 0.3 is 0 Å². The summed E-state index contributed by atoms with van der Waals surface area (Å²) in [5.41, 5.74) is 3.99. The number of fused-ring (bicyclic) bond motifs is 2. The van der Waals surface area contributed by atoms with Crippen LogP contribution in [-0.2, 0) is 11.2 Å². The maximum atomic E-state index is 12.7. The number of nitrogens with one attached hydrogen (secondary N) is 2. The molecule has 6 nitrogen and oxygen atoms in total. The van der Waals surface area contributed by atoms with Gasteiger partial charge in [-0.25, -0.2) is 4.98 Å². The van der Waals surface area contributed by atoms with Crippen molar-refractivity contribution >= 4 is 44.2 Å². The van der Waals surface area contributed by atoms with Gasteiger partial charge in [-0.3, -0.25) is 14.9 Å². The van der Waals surface area contributed by atoms with Gasteiger partial charge in [-0.1, -0.05) is 41.7 Å². The number of hydrogen-bond acceptors (Lipinski definition) is 5. The molecule has 2 amide bonds. The first-order chi connectivity index (χ1) is 15.0. The fraction of sp³-hybridized carbons (Fsp3) is 0.125. The first-order valence-corrected chi connectivity index (χ1v) is 10.7. The fourth-order valence-corrected chi connectivity index (χ4v) is 4.50. The minimum atomic E-state index is -0.582. The number of hydrogen-bond donors (Lipinski definition) is 2. The highest BCUT2D eigenvalue weighted by atomic mass is 32.1. The summed E-state index contributed by atoms with van der Waals surface area (Å²) in [7, 11) is 0. The average molecular weight is 430 g/mol. The lowest BCUT2D eigenvalue weighted by Crippen LogP contribution is -2.31. The zero-order valence-corrected chi connectivity index (χ0v) is 17.5. The number of aryl methyl sites for hydroxylation is 1. The molecule has 1 unspecified atom stereocenters. The Morgan fingerprint density at radius 2 is 1.90 bits per heavy atom. The third-order valence-corrected chi connectivity index (χ3v) is 6.03. The standard InChI is InChI=1S/C24H19N3O3S/c1-14-9-10-18-21(11-14)31-24(26-18)27-22(28)16-6-4-7-17(12-16)25-23(29)20-13-15-5-2-3-8-19(15)30-20/h2-12,20H,13H2,1H3,(H,25,29)(H,26,27,28). The molecule has 2 heterocycles. The van der Waals surface area contributed by atoms with Gasteiger partial charge in [-0.15, -0.1) is 0 Å². The van der Waals surface area contributed by atoms with E-state index >= 15 is 0 Å². The highest BCUT2D eigenvalue weighted by Crippen LogP contribution is 2.29. The van der Waals surface area contributed by atoms with Crippen molar-refractivity contribution in [3.63, 3.8) is 0 Å². The molecular weight excluding hydrogens is 410 g/mol. The van der Waals surface area contributed by atoms with E-state index in [-0.39, 0.29) is 11.8 Å². The number of carbonyl (C=O) groups excluding carboxylic acids is 2. The molecule has 1 aromatic heterocycles. The Bertz CT molecular complexity index is 1290. The number of nitrogens with zero attached hydrogens (tertiary/aromatic N) is 1. The molecule has 1 atom stereocenters. The Morgan fingerprint density at radius 1 is 1.03 bits per heavy atom. The van der Waals surface area contributed by atoms with Gasteiger partial charge in [0.05, 0.1) is 10.2 Å². The van der Waals surface area contributed by atoms with Crippen molar-refractivity contribution in [2.45, 2.75) is 19.4 Å². The second kappa shape index (κ2) is 7.85. The van der Waals surface area contributed by atoms with Crippen molar-refractivity contribution in [3.8, 4) is 5.75 Å². The first-order valence-electron chi connectivity index (χ1n) is 9.89. The Hall–Kier alpha value is -3.71. The van der Waals surface area contributed by atoms with Crippen molar-refractivity contribution in [2.75, 3.05) is 10.6 Å². The summed E-state index contributed by atoms with van der Waals surface area (Å²) in [5, 5.41) is 6.23. The second-order valence-electron chi connectivity index (χ2n) is 7.43. The Kier molecular flexibility index (Phi) is 4.88. The van der Waals surface area contributed by atoms with Crippen LogP contribution in [0.1, 0.15) is 21.5 Å². The number of thiazole rings is 1. The zero-order valence-electron chi connectivity index (χ0n) is 16.7. The molecule has 31 heavy (non-hydrogen) atoms. The molecule has 7 heteroatoms. The molecule has 0 saturated heterocycles. The first kappa shape index (κ1) is 19.3. The lowest BCUT2D eigenvalue weighted by molar-refractivity contribution is -0.122. The Morgan fingerprint density at radius 3 is 2.77 bits per heavy atom. The molecular formula is C24H19N3O3S. The van der Waals surface area contributed by atoms with Crippen molar-refractivity contribution < 1.29 is 14.3 Å². The van der Waals surface area contributed by atoms with E-state index in [1.165, 1.54) is 11.3 Å². The molecule has 1 aliphatic rings. The number of benzene rings is 3. The number of ether oxygens (including phenoxy) is 1. The van der Waals surface area contributed by atoms with Gasteiger partial charge in [0.1, 0.15) is 5.75 Å². The van der Waals surface area contributed by atoms with Crippen LogP contribution in [0.5, 0.6) is 5.75 Å². The van der Waals surface area contributed by atoms with Gasteiger partial charge in [-0.2, -0.15) is 0 Å². The summed E-state index contributed by atoms with van der Waals surface area (Å²) in [6.45, 7) is 2.02. The monoisotopic (exact) mass is 429 g/mol. The lowest BCUT2D eigenvalue weighted by Gasteiger charge is -2.12. The average Bonchev–Trinajstić information content (AvgIpc) is 3.37. The molecule has 1 aliphatic heterocycles. The molecule has 5 rings (SSSR count). The Balaban J connectivity index is 1.27. The smallest absolute Gasteiger partial charge is 0.265 e. The molecule has 0 saturated carbocycles. The molecule has 3 aromatic carbocycles. The molecule has 0 radical (unpaired) electrons. The largest absolute Gasteiger partial charge is 0.480 e. The van der Waals surface area contributed by atoms with Gasteiger partial charge in [-0.05, 0) is 54.4 Å². The van der Waals surface area contributed by atoms with Crippen LogP contribution in [0, 0.1) is 6.92 Å². The summed E-state index contributed by atoms with van der Waals surface area (Å²) in [6, 6.07) is 20.4. The van der Waals surface area contributed by atoms with E-state index in [2.05, 4.69) is 15.6 Å². The number of anilines is 2.